The van der Waals surface area contributed by atoms with Gasteiger partial charge in [0.05, 0.1) is 19.2 Å². The Morgan fingerprint density at radius 2 is 1.95 bits per heavy atom. The lowest BCUT2D eigenvalue weighted by Crippen LogP contribution is -2.52. The number of aliphatic hydroxyl groups excluding tert-OH is 1. The van der Waals surface area contributed by atoms with Gasteiger partial charge in [-0.05, 0) is 38.7 Å². The monoisotopic (exact) mass is 510 g/mol. The molecule has 0 aromatic carbocycles. The molecule has 1 aromatic heterocycles. The Balaban J connectivity index is 1.56. The molecule has 0 unspecified atom stereocenters. The number of pyridine rings is 1. The highest BCUT2D eigenvalue weighted by atomic mass is 16.5. The van der Waals surface area contributed by atoms with Crippen molar-refractivity contribution < 1.29 is 19.4 Å². The highest BCUT2D eigenvalue weighted by molar-refractivity contribution is 5.97. The number of carbonyl (C=O) groups is 2. The summed E-state index contributed by atoms with van der Waals surface area (Å²) >= 11 is 0. The van der Waals surface area contributed by atoms with Crippen LogP contribution in [0.5, 0.6) is 5.88 Å². The average Bonchev–Trinajstić information content (AvgIpc) is 3.42. The molecule has 2 fully saturated rings. The minimum atomic E-state index is -0.369. The summed E-state index contributed by atoms with van der Waals surface area (Å²) in [7, 11) is 1.77. The number of hydrogen-bond acceptors (Lipinski definition) is 5. The highest BCUT2D eigenvalue weighted by Crippen LogP contribution is 2.28. The van der Waals surface area contributed by atoms with Crippen LogP contribution in [0.3, 0.4) is 0 Å². The predicted octanol–water partition coefficient (Wildman–Crippen LogP) is 3.82. The van der Waals surface area contributed by atoms with Crippen LogP contribution >= 0.6 is 0 Å². The molecule has 8 heteroatoms. The van der Waals surface area contributed by atoms with Gasteiger partial charge in [-0.25, -0.2) is 9.78 Å². The summed E-state index contributed by atoms with van der Waals surface area (Å²) in [6, 6.07) is 1.53. The van der Waals surface area contributed by atoms with E-state index in [0.29, 0.717) is 30.1 Å². The first kappa shape index (κ1) is 27.3. The molecule has 0 radical (unpaired) electrons. The van der Waals surface area contributed by atoms with Crippen molar-refractivity contribution in [3.8, 4) is 17.7 Å². The van der Waals surface area contributed by atoms with E-state index in [2.05, 4.69) is 22.1 Å². The fourth-order valence-electron chi connectivity index (χ4n) is 5.53. The number of rotatable bonds is 5. The number of aromatic nitrogens is 1. The van der Waals surface area contributed by atoms with E-state index in [1.54, 1.807) is 29.1 Å². The zero-order valence-electron chi connectivity index (χ0n) is 22.5. The normalized spacial score (nSPS) is 23.7. The van der Waals surface area contributed by atoms with Crippen molar-refractivity contribution in [3.63, 3.8) is 0 Å². The first-order chi connectivity index (χ1) is 17.9. The van der Waals surface area contributed by atoms with E-state index >= 15 is 0 Å². The van der Waals surface area contributed by atoms with Crippen LogP contribution in [-0.2, 0) is 0 Å². The second-order valence-electron chi connectivity index (χ2n) is 11.1. The molecule has 0 bridgehead atoms. The van der Waals surface area contributed by atoms with Crippen LogP contribution in [0.1, 0.15) is 87.6 Å². The summed E-state index contributed by atoms with van der Waals surface area (Å²) in [6.45, 7) is 4.47. The van der Waals surface area contributed by atoms with Crippen molar-refractivity contribution in [2.45, 2.75) is 89.8 Å². The molecule has 2 saturated carbocycles. The number of nitrogens with one attached hydrogen (secondary N) is 1. The fourth-order valence-corrected chi connectivity index (χ4v) is 5.53. The molecule has 2 N–H and O–H groups in total. The summed E-state index contributed by atoms with van der Waals surface area (Å²) in [5, 5.41) is 13.0. The number of nitrogens with zero attached hydrogens (tertiary/aromatic N) is 3. The first-order valence-electron chi connectivity index (χ1n) is 14.0. The molecular formula is C29H42N4O4. The molecule has 2 heterocycles. The van der Waals surface area contributed by atoms with Crippen LogP contribution in [0.4, 0.5) is 4.79 Å². The van der Waals surface area contributed by atoms with Gasteiger partial charge >= 0.3 is 6.03 Å². The summed E-state index contributed by atoms with van der Waals surface area (Å²) < 4.78 is 6.33. The van der Waals surface area contributed by atoms with Crippen LogP contribution < -0.4 is 10.1 Å². The molecule has 8 nitrogen and oxygen atoms in total. The summed E-state index contributed by atoms with van der Waals surface area (Å²) in [4.78, 5) is 34.3. The Bertz CT molecular complexity index is 1010. The SMILES string of the molecule is C[C@H]1CN([C@@H](C)CO)C(=O)c2cc(C#CC3CCCCC3)cnc2O[C@H]1CN(C)C(=O)NC1CCCC1. The number of ether oxygens (including phenoxy) is 1. The zero-order chi connectivity index (χ0) is 26.4. The van der Waals surface area contributed by atoms with Gasteiger partial charge in [-0.1, -0.05) is 50.9 Å². The topological polar surface area (TPSA) is 95.0 Å². The third kappa shape index (κ3) is 6.95. The molecule has 0 spiro atoms. The Hall–Kier alpha value is -2.79. The standard InChI is InChI=1S/C29H42N4O4/c1-20-17-33(21(2)19-34)28(35)25-15-23(14-13-22-9-5-4-6-10-22)16-30-27(25)37-26(20)18-32(3)29(36)31-24-11-7-8-12-24/h15-16,20-22,24,26,34H,4-12,17-19H2,1-3H3,(H,31,36)/t20-,21-,26-/m0/s1. The minimum absolute atomic E-state index is 0.0830. The van der Waals surface area contributed by atoms with E-state index in [4.69, 9.17) is 4.74 Å². The third-order valence-electron chi connectivity index (χ3n) is 8.03. The van der Waals surface area contributed by atoms with E-state index < -0.39 is 0 Å². The van der Waals surface area contributed by atoms with E-state index in [9.17, 15) is 14.7 Å². The zero-order valence-corrected chi connectivity index (χ0v) is 22.5. The van der Waals surface area contributed by atoms with Gasteiger partial charge in [0.1, 0.15) is 11.7 Å². The number of hydrogen-bond donors (Lipinski definition) is 2. The molecule has 3 atom stereocenters. The van der Waals surface area contributed by atoms with Gasteiger partial charge in [0.25, 0.3) is 5.91 Å². The number of urea groups is 1. The number of amides is 3. The summed E-state index contributed by atoms with van der Waals surface area (Å²) in [5.74, 6) is 6.95. The Morgan fingerprint density at radius 1 is 1.24 bits per heavy atom. The van der Waals surface area contributed by atoms with Crippen LogP contribution in [0, 0.1) is 23.7 Å². The van der Waals surface area contributed by atoms with Crippen molar-refractivity contribution in [1.29, 1.82) is 0 Å². The van der Waals surface area contributed by atoms with Gasteiger partial charge in [-0.15, -0.1) is 0 Å². The van der Waals surface area contributed by atoms with E-state index in [1.807, 2.05) is 13.8 Å². The van der Waals surface area contributed by atoms with Gasteiger partial charge in [0.2, 0.25) is 5.88 Å². The number of likely N-dealkylation sites (N-methyl/N-ethyl adjacent to an activating group) is 1. The van der Waals surface area contributed by atoms with E-state index in [0.717, 1.165) is 38.5 Å². The van der Waals surface area contributed by atoms with Gasteiger partial charge in [0, 0.05) is 43.2 Å². The van der Waals surface area contributed by atoms with Crippen molar-refractivity contribution in [2.24, 2.45) is 11.8 Å². The Kier molecular flexibility index (Phi) is 9.31. The molecule has 3 amide bonds. The maximum atomic E-state index is 13.6. The largest absolute Gasteiger partial charge is 0.472 e. The first-order valence-corrected chi connectivity index (χ1v) is 14.0. The van der Waals surface area contributed by atoms with Crippen molar-refractivity contribution in [2.75, 3.05) is 26.7 Å². The van der Waals surface area contributed by atoms with Gasteiger partial charge in [-0.2, -0.15) is 0 Å². The molecule has 37 heavy (non-hydrogen) atoms. The number of carbonyl (C=O) groups excluding carboxylic acids is 2. The molecule has 2 aliphatic carbocycles. The van der Waals surface area contributed by atoms with Crippen LogP contribution in [-0.4, -0.2) is 76.8 Å². The Labute approximate surface area is 221 Å². The summed E-state index contributed by atoms with van der Waals surface area (Å²) in [6.07, 6.45) is 11.6. The van der Waals surface area contributed by atoms with Crippen LogP contribution in [0.2, 0.25) is 0 Å². The van der Waals surface area contributed by atoms with E-state index in [1.165, 1.54) is 19.3 Å². The number of fused-ring (bicyclic) bond motifs is 1. The lowest BCUT2D eigenvalue weighted by molar-refractivity contribution is 0.0351. The van der Waals surface area contributed by atoms with E-state index in [-0.39, 0.29) is 48.5 Å². The van der Waals surface area contributed by atoms with Crippen molar-refractivity contribution in [1.82, 2.24) is 20.1 Å². The second kappa shape index (κ2) is 12.6. The molecule has 202 valence electrons. The molecular weight excluding hydrogens is 468 g/mol. The maximum absolute atomic E-state index is 13.6. The van der Waals surface area contributed by atoms with Crippen molar-refractivity contribution >= 4 is 11.9 Å². The highest BCUT2D eigenvalue weighted by Gasteiger charge is 2.35. The van der Waals surface area contributed by atoms with Gasteiger partial charge in [0.15, 0.2) is 0 Å². The second-order valence-corrected chi connectivity index (χ2v) is 11.1. The Morgan fingerprint density at radius 3 is 2.65 bits per heavy atom. The molecule has 0 saturated heterocycles. The van der Waals surface area contributed by atoms with Gasteiger partial charge in [-0.3, -0.25) is 4.79 Å². The minimum Gasteiger partial charge on any atom is -0.472 e. The van der Waals surface area contributed by atoms with Gasteiger partial charge < -0.3 is 25.0 Å². The molecule has 1 aliphatic heterocycles. The number of aliphatic hydroxyl groups is 1. The lowest BCUT2D eigenvalue weighted by atomic mass is 9.90. The fraction of sp³-hybridized carbons (Fsp3) is 0.690. The summed E-state index contributed by atoms with van der Waals surface area (Å²) in [5.41, 5.74) is 1.04. The van der Waals surface area contributed by atoms with Crippen LogP contribution in [0.15, 0.2) is 12.3 Å². The van der Waals surface area contributed by atoms with Crippen molar-refractivity contribution in [3.05, 3.63) is 23.4 Å². The lowest BCUT2D eigenvalue weighted by Gasteiger charge is -2.37. The quantitative estimate of drug-likeness (QED) is 0.588. The third-order valence-corrected chi connectivity index (χ3v) is 8.03. The molecule has 1 aromatic rings. The molecule has 4 rings (SSSR count). The predicted molar refractivity (Wildman–Crippen MR) is 142 cm³/mol. The molecule has 3 aliphatic rings. The smallest absolute Gasteiger partial charge is 0.317 e. The maximum Gasteiger partial charge on any atom is 0.317 e. The van der Waals surface area contributed by atoms with Crippen LogP contribution in [0.25, 0.3) is 0 Å². The average molecular weight is 511 g/mol.